The molecule has 1 aromatic heterocycles. The third kappa shape index (κ3) is 4.03. The van der Waals surface area contributed by atoms with Crippen molar-refractivity contribution in [2.24, 2.45) is 0 Å². The third-order valence-electron chi connectivity index (χ3n) is 3.79. The average Bonchev–Trinajstić information content (AvgIpc) is 3.13. The lowest BCUT2D eigenvalue weighted by Crippen LogP contribution is -2.30. The van der Waals surface area contributed by atoms with Crippen molar-refractivity contribution in [3.8, 4) is 17.2 Å². The highest BCUT2D eigenvalue weighted by molar-refractivity contribution is 5.94. The molecule has 0 saturated carbocycles. The summed E-state index contributed by atoms with van der Waals surface area (Å²) >= 11 is 0. The SMILES string of the molecule is Cc1ccc(C)c(NC(=O)[C@H](C)Oc2ccc(-c3nnco3)cc2)c1. The maximum atomic E-state index is 12.4. The number of carbonyl (C=O) groups is 1. The number of carbonyl (C=O) groups excluding carboxylic acids is 1. The van der Waals surface area contributed by atoms with E-state index in [0.29, 0.717) is 11.6 Å². The van der Waals surface area contributed by atoms with Gasteiger partial charge in [0, 0.05) is 11.3 Å². The Morgan fingerprint density at radius 3 is 2.60 bits per heavy atom. The van der Waals surface area contributed by atoms with Gasteiger partial charge in [0.15, 0.2) is 6.10 Å². The number of aryl methyl sites for hydroxylation is 2. The van der Waals surface area contributed by atoms with Crippen LogP contribution in [0.25, 0.3) is 11.5 Å². The van der Waals surface area contributed by atoms with E-state index in [-0.39, 0.29) is 5.91 Å². The first-order valence-corrected chi connectivity index (χ1v) is 7.94. The van der Waals surface area contributed by atoms with Gasteiger partial charge in [0.05, 0.1) is 0 Å². The molecule has 0 fully saturated rings. The molecule has 1 atom stereocenters. The zero-order chi connectivity index (χ0) is 17.8. The van der Waals surface area contributed by atoms with Crippen LogP contribution in [-0.4, -0.2) is 22.2 Å². The van der Waals surface area contributed by atoms with Crippen LogP contribution in [0.4, 0.5) is 5.69 Å². The highest BCUT2D eigenvalue weighted by Crippen LogP contribution is 2.21. The van der Waals surface area contributed by atoms with Gasteiger partial charge < -0.3 is 14.5 Å². The number of benzene rings is 2. The minimum absolute atomic E-state index is 0.199. The summed E-state index contributed by atoms with van der Waals surface area (Å²) in [7, 11) is 0. The molecule has 6 heteroatoms. The molecule has 3 aromatic rings. The van der Waals surface area contributed by atoms with Gasteiger partial charge in [-0.3, -0.25) is 4.79 Å². The first kappa shape index (κ1) is 16.7. The molecule has 0 radical (unpaired) electrons. The molecule has 128 valence electrons. The number of ether oxygens (including phenoxy) is 1. The summed E-state index contributed by atoms with van der Waals surface area (Å²) < 4.78 is 10.9. The quantitative estimate of drug-likeness (QED) is 0.767. The minimum atomic E-state index is -0.630. The molecule has 0 aliphatic heterocycles. The van der Waals surface area contributed by atoms with Crippen molar-refractivity contribution < 1.29 is 13.9 Å². The van der Waals surface area contributed by atoms with Crippen LogP contribution in [0.1, 0.15) is 18.1 Å². The second-order valence-corrected chi connectivity index (χ2v) is 5.84. The zero-order valence-electron chi connectivity index (χ0n) is 14.3. The first-order chi connectivity index (χ1) is 12.0. The summed E-state index contributed by atoms with van der Waals surface area (Å²) in [5.41, 5.74) is 3.69. The summed E-state index contributed by atoms with van der Waals surface area (Å²) in [6, 6.07) is 13.1. The molecular formula is C19H19N3O3. The van der Waals surface area contributed by atoms with Gasteiger partial charge in [0.25, 0.3) is 5.91 Å². The summed E-state index contributed by atoms with van der Waals surface area (Å²) in [5, 5.41) is 10.4. The molecule has 1 N–H and O–H groups in total. The Hall–Kier alpha value is -3.15. The van der Waals surface area contributed by atoms with Crippen molar-refractivity contribution in [2.75, 3.05) is 5.32 Å². The van der Waals surface area contributed by atoms with Crippen molar-refractivity contribution in [2.45, 2.75) is 26.9 Å². The van der Waals surface area contributed by atoms with E-state index in [0.717, 1.165) is 22.4 Å². The fraction of sp³-hybridized carbons (Fsp3) is 0.211. The van der Waals surface area contributed by atoms with Crippen LogP contribution in [0.5, 0.6) is 5.75 Å². The second-order valence-electron chi connectivity index (χ2n) is 5.84. The van der Waals surface area contributed by atoms with Gasteiger partial charge in [0.1, 0.15) is 5.75 Å². The minimum Gasteiger partial charge on any atom is -0.481 e. The number of anilines is 1. The Kier molecular flexibility index (Phi) is 4.79. The lowest BCUT2D eigenvalue weighted by atomic mass is 10.1. The van der Waals surface area contributed by atoms with Crippen LogP contribution in [0.15, 0.2) is 53.3 Å². The maximum Gasteiger partial charge on any atom is 0.265 e. The van der Waals surface area contributed by atoms with Gasteiger partial charge in [-0.15, -0.1) is 10.2 Å². The Morgan fingerprint density at radius 1 is 1.16 bits per heavy atom. The van der Waals surface area contributed by atoms with Crippen LogP contribution >= 0.6 is 0 Å². The molecular weight excluding hydrogens is 318 g/mol. The molecule has 2 aromatic carbocycles. The molecule has 0 bridgehead atoms. The van der Waals surface area contributed by atoms with Crippen molar-refractivity contribution in [3.05, 3.63) is 60.0 Å². The number of amides is 1. The van der Waals surface area contributed by atoms with Gasteiger partial charge in [-0.25, -0.2) is 0 Å². The number of hydrogen-bond donors (Lipinski definition) is 1. The van der Waals surface area contributed by atoms with E-state index in [9.17, 15) is 4.79 Å². The highest BCUT2D eigenvalue weighted by Gasteiger charge is 2.16. The molecule has 25 heavy (non-hydrogen) atoms. The summed E-state index contributed by atoms with van der Waals surface area (Å²) in [5.74, 6) is 0.828. The molecule has 0 aliphatic rings. The van der Waals surface area contributed by atoms with E-state index >= 15 is 0 Å². The van der Waals surface area contributed by atoms with Crippen LogP contribution in [0.3, 0.4) is 0 Å². The number of nitrogens with zero attached hydrogens (tertiary/aromatic N) is 2. The van der Waals surface area contributed by atoms with Gasteiger partial charge in [0.2, 0.25) is 12.3 Å². The Labute approximate surface area is 145 Å². The largest absolute Gasteiger partial charge is 0.481 e. The van der Waals surface area contributed by atoms with E-state index in [4.69, 9.17) is 9.15 Å². The topological polar surface area (TPSA) is 77.2 Å². The molecule has 0 unspecified atom stereocenters. The van der Waals surface area contributed by atoms with Crippen LogP contribution in [0, 0.1) is 13.8 Å². The molecule has 6 nitrogen and oxygen atoms in total. The van der Waals surface area contributed by atoms with E-state index in [1.54, 1.807) is 31.2 Å². The summed E-state index contributed by atoms with van der Waals surface area (Å²) in [6.45, 7) is 5.66. The molecule has 0 saturated heterocycles. The van der Waals surface area contributed by atoms with Crippen LogP contribution < -0.4 is 10.1 Å². The smallest absolute Gasteiger partial charge is 0.265 e. The normalized spacial score (nSPS) is 11.8. The molecule has 0 aliphatic carbocycles. The number of aromatic nitrogens is 2. The summed E-state index contributed by atoms with van der Waals surface area (Å²) in [4.78, 5) is 12.4. The van der Waals surface area contributed by atoms with Crippen LogP contribution in [0.2, 0.25) is 0 Å². The average molecular weight is 337 g/mol. The highest BCUT2D eigenvalue weighted by atomic mass is 16.5. The lowest BCUT2D eigenvalue weighted by molar-refractivity contribution is -0.122. The van der Waals surface area contributed by atoms with Crippen molar-refractivity contribution >= 4 is 11.6 Å². The van der Waals surface area contributed by atoms with E-state index in [1.807, 2.05) is 32.0 Å². The van der Waals surface area contributed by atoms with E-state index in [1.165, 1.54) is 6.39 Å². The number of rotatable bonds is 5. The Bertz CT molecular complexity index is 858. The number of hydrogen-bond acceptors (Lipinski definition) is 5. The van der Waals surface area contributed by atoms with Crippen molar-refractivity contribution in [3.63, 3.8) is 0 Å². The fourth-order valence-corrected chi connectivity index (χ4v) is 2.34. The van der Waals surface area contributed by atoms with E-state index < -0.39 is 6.10 Å². The predicted molar refractivity (Wildman–Crippen MR) is 94.4 cm³/mol. The molecule has 3 rings (SSSR count). The fourth-order valence-electron chi connectivity index (χ4n) is 2.34. The second kappa shape index (κ2) is 7.17. The Morgan fingerprint density at radius 2 is 1.92 bits per heavy atom. The zero-order valence-corrected chi connectivity index (χ0v) is 14.3. The van der Waals surface area contributed by atoms with Crippen molar-refractivity contribution in [1.29, 1.82) is 0 Å². The van der Waals surface area contributed by atoms with Crippen molar-refractivity contribution in [1.82, 2.24) is 10.2 Å². The summed E-state index contributed by atoms with van der Waals surface area (Å²) in [6.07, 6.45) is 0.647. The standard InChI is InChI=1S/C19H19N3O3/c1-12-4-5-13(2)17(10-12)21-18(23)14(3)25-16-8-6-15(7-9-16)19-22-20-11-24-19/h4-11,14H,1-3H3,(H,21,23)/t14-/m0/s1. The predicted octanol–water partition coefficient (Wildman–Crippen LogP) is 3.76. The lowest BCUT2D eigenvalue weighted by Gasteiger charge is -2.16. The maximum absolute atomic E-state index is 12.4. The first-order valence-electron chi connectivity index (χ1n) is 7.94. The van der Waals surface area contributed by atoms with Gasteiger partial charge >= 0.3 is 0 Å². The third-order valence-corrected chi connectivity index (χ3v) is 3.79. The van der Waals surface area contributed by atoms with Gasteiger partial charge in [-0.2, -0.15) is 0 Å². The van der Waals surface area contributed by atoms with E-state index in [2.05, 4.69) is 15.5 Å². The molecule has 1 heterocycles. The van der Waals surface area contributed by atoms with Gasteiger partial charge in [-0.05, 0) is 62.2 Å². The van der Waals surface area contributed by atoms with Gasteiger partial charge in [-0.1, -0.05) is 12.1 Å². The Balaban J connectivity index is 1.64. The number of nitrogens with one attached hydrogen (secondary N) is 1. The molecule has 1 amide bonds. The monoisotopic (exact) mass is 337 g/mol. The molecule has 0 spiro atoms. The van der Waals surface area contributed by atoms with Crippen LogP contribution in [-0.2, 0) is 4.79 Å².